The van der Waals surface area contributed by atoms with E-state index in [1.54, 1.807) is 6.92 Å². The fourth-order valence-corrected chi connectivity index (χ4v) is 2.43. The molecule has 2 aromatic rings. The molecule has 1 heterocycles. The fourth-order valence-electron chi connectivity index (χ4n) is 1.63. The second-order valence-electron chi connectivity index (χ2n) is 4.17. The summed E-state index contributed by atoms with van der Waals surface area (Å²) in [6.45, 7) is 1.54. The van der Waals surface area contributed by atoms with Crippen LogP contribution in [0, 0.1) is 11.6 Å². The van der Waals surface area contributed by atoms with Gasteiger partial charge >= 0.3 is 5.97 Å². The van der Waals surface area contributed by atoms with Crippen LogP contribution >= 0.6 is 11.3 Å². The number of hydrogen-bond donors (Lipinski definition) is 2. The molecule has 1 aromatic heterocycles. The lowest BCUT2D eigenvalue weighted by atomic mass is 10.1. The molecule has 8 heteroatoms. The Morgan fingerprint density at radius 2 is 1.95 bits per heavy atom. The number of carboxylic acids is 1. The van der Waals surface area contributed by atoms with Crippen molar-refractivity contribution in [2.45, 2.75) is 13.0 Å². The SMILES string of the molecule is CC(NC(=O)c1c(F)cccc1F)c1nc(C(=O)O)cs1. The van der Waals surface area contributed by atoms with E-state index < -0.39 is 35.1 Å². The fraction of sp³-hybridized carbons (Fsp3) is 0.154. The molecule has 0 bridgehead atoms. The first-order valence-electron chi connectivity index (χ1n) is 5.83. The summed E-state index contributed by atoms with van der Waals surface area (Å²) in [4.78, 5) is 26.4. The standard InChI is InChI=1S/C13H10F2N2O3S/c1-6(12-17-9(5-21-12)13(19)20)16-11(18)10-7(14)3-2-4-8(10)15/h2-6H,1H3,(H,16,18)(H,19,20). The summed E-state index contributed by atoms with van der Waals surface area (Å²) in [5.41, 5.74) is -0.826. The van der Waals surface area contributed by atoms with Crippen molar-refractivity contribution < 1.29 is 23.5 Å². The van der Waals surface area contributed by atoms with Crippen molar-refractivity contribution in [2.24, 2.45) is 0 Å². The minimum Gasteiger partial charge on any atom is -0.476 e. The molecular weight excluding hydrogens is 302 g/mol. The topological polar surface area (TPSA) is 79.3 Å². The molecule has 0 saturated carbocycles. The summed E-state index contributed by atoms with van der Waals surface area (Å²) >= 11 is 1.04. The Kier molecular flexibility index (Phi) is 4.27. The summed E-state index contributed by atoms with van der Waals surface area (Å²) in [5.74, 6) is -4.04. The summed E-state index contributed by atoms with van der Waals surface area (Å²) < 4.78 is 26.9. The molecular formula is C13H10F2N2O3S. The van der Waals surface area contributed by atoms with E-state index in [1.165, 1.54) is 5.38 Å². The maximum absolute atomic E-state index is 13.5. The number of nitrogens with one attached hydrogen (secondary N) is 1. The number of hydrogen-bond acceptors (Lipinski definition) is 4. The molecule has 110 valence electrons. The van der Waals surface area contributed by atoms with Gasteiger partial charge in [-0.2, -0.15) is 0 Å². The normalized spacial score (nSPS) is 12.0. The first-order valence-corrected chi connectivity index (χ1v) is 6.71. The maximum atomic E-state index is 13.5. The average Bonchev–Trinajstić information content (AvgIpc) is 2.88. The molecule has 0 fully saturated rings. The highest BCUT2D eigenvalue weighted by Gasteiger charge is 2.21. The van der Waals surface area contributed by atoms with Crippen molar-refractivity contribution in [3.05, 3.63) is 51.5 Å². The monoisotopic (exact) mass is 312 g/mol. The highest BCUT2D eigenvalue weighted by atomic mass is 32.1. The lowest BCUT2D eigenvalue weighted by Gasteiger charge is -2.12. The van der Waals surface area contributed by atoms with Crippen LogP contribution in [0.2, 0.25) is 0 Å². The third-order valence-corrected chi connectivity index (χ3v) is 3.68. The van der Waals surface area contributed by atoms with E-state index in [0.717, 1.165) is 29.5 Å². The van der Waals surface area contributed by atoms with Crippen LogP contribution in [-0.2, 0) is 0 Å². The number of benzene rings is 1. The molecule has 2 N–H and O–H groups in total. The third kappa shape index (κ3) is 3.22. The van der Waals surface area contributed by atoms with Gasteiger partial charge in [-0.15, -0.1) is 11.3 Å². The van der Waals surface area contributed by atoms with Crippen molar-refractivity contribution in [2.75, 3.05) is 0 Å². The summed E-state index contributed by atoms with van der Waals surface area (Å²) in [7, 11) is 0. The van der Waals surface area contributed by atoms with Crippen molar-refractivity contribution in [1.82, 2.24) is 10.3 Å². The number of carboxylic acid groups (broad SMARTS) is 1. The molecule has 1 unspecified atom stereocenters. The van der Waals surface area contributed by atoms with Gasteiger partial charge in [-0.3, -0.25) is 4.79 Å². The predicted molar refractivity (Wildman–Crippen MR) is 71.3 cm³/mol. The number of amides is 1. The van der Waals surface area contributed by atoms with Crippen LogP contribution in [0.3, 0.4) is 0 Å². The van der Waals surface area contributed by atoms with E-state index >= 15 is 0 Å². The van der Waals surface area contributed by atoms with Gasteiger partial charge in [0.1, 0.15) is 22.2 Å². The van der Waals surface area contributed by atoms with E-state index in [2.05, 4.69) is 10.3 Å². The molecule has 1 atom stereocenters. The van der Waals surface area contributed by atoms with Gasteiger partial charge in [0.25, 0.3) is 5.91 Å². The van der Waals surface area contributed by atoms with E-state index in [4.69, 9.17) is 5.11 Å². The Morgan fingerprint density at radius 3 is 2.48 bits per heavy atom. The van der Waals surface area contributed by atoms with Crippen molar-refractivity contribution in [3.8, 4) is 0 Å². The van der Waals surface area contributed by atoms with Gasteiger partial charge in [0.05, 0.1) is 6.04 Å². The smallest absolute Gasteiger partial charge is 0.355 e. The summed E-state index contributed by atoms with van der Waals surface area (Å²) in [6.07, 6.45) is 0. The Morgan fingerprint density at radius 1 is 1.33 bits per heavy atom. The number of rotatable bonds is 4. The zero-order chi connectivity index (χ0) is 15.6. The molecule has 0 aliphatic heterocycles. The van der Waals surface area contributed by atoms with E-state index in [0.29, 0.717) is 5.01 Å². The highest BCUT2D eigenvalue weighted by molar-refractivity contribution is 7.09. The lowest BCUT2D eigenvalue weighted by molar-refractivity contribution is 0.0691. The predicted octanol–water partition coefficient (Wildman–Crippen LogP) is 2.61. The van der Waals surface area contributed by atoms with Crippen LogP contribution in [0.1, 0.15) is 38.8 Å². The van der Waals surface area contributed by atoms with Gasteiger partial charge in [0.15, 0.2) is 5.69 Å². The van der Waals surface area contributed by atoms with Gasteiger partial charge < -0.3 is 10.4 Å². The quantitative estimate of drug-likeness (QED) is 0.909. The third-order valence-electron chi connectivity index (χ3n) is 2.65. The molecule has 1 aromatic carbocycles. The van der Waals surface area contributed by atoms with E-state index in [-0.39, 0.29) is 5.69 Å². The number of nitrogens with zero attached hydrogens (tertiary/aromatic N) is 1. The summed E-state index contributed by atoms with van der Waals surface area (Å²) in [6, 6.07) is 2.45. The van der Waals surface area contributed by atoms with E-state index in [9.17, 15) is 18.4 Å². The van der Waals surface area contributed by atoms with E-state index in [1.807, 2.05) is 0 Å². The van der Waals surface area contributed by atoms with Crippen LogP contribution in [0.15, 0.2) is 23.6 Å². The zero-order valence-electron chi connectivity index (χ0n) is 10.8. The molecule has 0 radical (unpaired) electrons. The number of thiazole rings is 1. The Labute approximate surface area is 122 Å². The number of carbonyl (C=O) groups is 2. The largest absolute Gasteiger partial charge is 0.476 e. The van der Waals surface area contributed by atoms with Gasteiger partial charge in [0.2, 0.25) is 0 Å². The Bertz CT molecular complexity index is 682. The minimum absolute atomic E-state index is 0.145. The van der Waals surface area contributed by atoms with Crippen molar-refractivity contribution in [1.29, 1.82) is 0 Å². The molecule has 5 nitrogen and oxygen atoms in total. The molecule has 1 amide bonds. The number of halogens is 2. The van der Waals surface area contributed by atoms with Gasteiger partial charge in [0, 0.05) is 5.38 Å². The Hall–Kier alpha value is -2.35. The second-order valence-corrected chi connectivity index (χ2v) is 5.06. The minimum atomic E-state index is -1.18. The Balaban J connectivity index is 2.17. The molecule has 0 aliphatic rings. The highest BCUT2D eigenvalue weighted by Crippen LogP contribution is 2.19. The van der Waals surface area contributed by atoms with Crippen LogP contribution in [-0.4, -0.2) is 22.0 Å². The number of aromatic carboxylic acids is 1. The van der Waals surface area contributed by atoms with Crippen LogP contribution in [0.5, 0.6) is 0 Å². The van der Waals surface area contributed by atoms with Crippen molar-refractivity contribution >= 4 is 23.2 Å². The van der Waals surface area contributed by atoms with Crippen LogP contribution < -0.4 is 5.32 Å². The van der Waals surface area contributed by atoms with Gasteiger partial charge in [-0.05, 0) is 19.1 Å². The molecule has 2 rings (SSSR count). The average molecular weight is 312 g/mol. The van der Waals surface area contributed by atoms with Crippen molar-refractivity contribution in [3.63, 3.8) is 0 Å². The van der Waals surface area contributed by atoms with Crippen LogP contribution in [0.25, 0.3) is 0 Å². The number of carbonyl (C=O) groups excluding carboxylic acids is 1. The molecule has 0 saturated heterocycles. The molecule has 21 heavy (non-hydrogen) atoms. The van der Waals surface area contributed by atoms with Crippen LogP contribution in [0.4, 0.5) is 8.78 Å². The zero-order valence-corrected chi connectivity index (χ0v) is 11.6. The van der Waals surface area contributed by atoms with Gasteiger partial charge in [-0.1, -0.05) is 6.07 Å². The maximum Gasteiger partial charge on any atom is 0.355 e. The number of aromatic nitrogens is 1. The summed E-state index contributed by atoms with van der Waals surface area (Å²) in [5, 5.41) is 12.8. The first kappa shape index (κ1) is 15.0. The van der Waals surface area contributed by atoms with Gasteiger partial charge in [-0.25, -0.2) is 18.6 Å². The first-order chi connectivity index (χ1) is 9.90. The lowest BCUT2D eigenvalue weighted by Crippen LogP contribution is -2.28. The molecule has 0 aliphatic carbocycles. The second kappa shape index (κ2) is 5.96. The molecule has 0 spiro atoms.